The van der Waals surface area contributed by atoms with Crippen molar-refractivity contribution in [2.45, 2.75) is 37.6 Å². The van der Waals surface area contributed by atoms with E-state index in [4.69, 9.17) is 4.74 Å². The van der Waals surface area contributed by atoms with Crippen LogP contribution in [-0.4, -0.2) is 89.0 Å². The monoisotopic (exact) mass is 387 g/mol. The molecule has 1 aliphatic carbocycles. The number of aromatic nitrogens is 2. The van der Waals surface area contributed by atoms with Gasteiger partial charge in [0.2, 0.25) is 11.8 Å². The number of nitrogens with one attached hydrogen (secondary N) is 1. The Hall–Kier alpha value is -1.93. The summed E-state index contributed by atoms with van der Waals surface area (Å²) in [5.74, 6) is 0.690. The number of carbonyl (C=O) groups is 2. The number of amides is 2. The molecule has 1 N–H and O–H groups in total. The fourth-order valence-corrected chi connectivity index (χ4v) is 5.03. The lowest BCUT2D eigenvalue weighted by Gasteiger charge is -2.50. The highest BCUT2D eigenvalue weighted by molar-refractivity contribution is 5.82. The third-order valence-corrected chi connectivity index (χ3v) is 6.86. The Balaban J connectivity index is 1.31. The van der Waals surface area contributed by atoms with Gasteiger partial charge in [0.05, 0.1) is 37.3 Å². The number of ether oxygens (including phenoxy) is 1. The van der Waals surface area contributed by atoms with E-state index in [1.54, 1.807) is 6.33 Å². The first-order chi connectivity index (χ1) is 13.7. The van der Waals surface area contributed by atoms with E-state index >= 15 is 0 Å². The zero-order valence-electron chi connectivity index (χ0n) is 16.4. The smallest absolute Gasteiger partial charge is 0.236 e. The minimum absolute atomic E-state index is 0.190. The molecule has 0 aromatic carbocycles. The summed E-state index contributed by atoms with van der Waals surface area (Å²) in [6.45, 7) is 5.65. The Morgan fingerprint density at radius 3 is 2.61 bits per heavy atom. The van der Waals surface area contributed by atoms with Crippen LogP contribution in [0.25, 0.3) is 0 Å². The van der Waals surface area contributed by atoms with Crippen LogP contribution in [0.1, 0.15) is 37.1 Å². The summed E-state index contributed by atoms with van der Waals surface area (Å²) in [4.78, 5) is 40.0. The summed E-state index contributed by atoms with van der Waals surface area (Å²) in [7, 11) is 0. The molecule has 4 aliphatic rings. The fourth-order valence-electron chi connectivity index (χ4n) is 5.03. The van der Waals surface area contributed by atoms with Crippen molar-refractivity contribution in [1.29, 1.82) is 0 Å². The molecule has 5 rings (SSSR count). The van der Waals surface area contributed by atoms with Crippen molar-refractivity contribution in [3.8, 4) is 0 Å². The molecule has 4 heterocycles. The Morgan fingerprint density at radius 1 is 1.14 bits per heavy atom. The van der Waals surface area contributed by atoms with Crippen LogP contribution in [0.4, 0.5) is 0 Å². The number of imidazole rings is 1. The summed E-state index contributed by atoms with van der Waals surface area (Å²) >= 11 is 0. The molecule has 3 fully saturated rings. The average Bonchev–Trinajstić information content (AvgIpc) is 3.46. The Labute approximate surface area is 165 Å². The first kappa shape index (κ1) is 18.1. The standard InChI is InChI=1S/C20H29N5O3/c26-17(13-23-9-11-28-12-10-23)24-7-4-20(5-8-24)18-16(21-14-22-18)3-6-25(20)19(27)15-1-2-15/h14-15H,1-13H2,(H,21,22). The molecule has 1 aromatic rings. The van der Waals surface area contributed by atoms with Gasteiger partial charge >= 0.3 is 0 Å². The van der Waals surface area contributed by atoms with Crippen molar-refractivity contribution in [1.82, 2.24) is 24.7 Å². The van der Waals surface area contributed by atoms with Gasteiger partial charge in [-0.2, -0.15) is 0 Å². The van der Waals surface area contributed by atoms with Gasteiger partial charge in [-0.05, 0) is 25.7 Å². The Bertz CT molecular complexity index is 745. The summed E-state index contributed by atoms with van der Waals surface area (Å²) < 4.78 is 5.37. The zero-order chi connectivity index (χ0) is 19.1. The number of H-pyrrole nitrogens is 1. The maximum absolute atomic E-state index is 13.0. The first-order valence-corrected chi connectivity index (χ1v) is 10.6. The molecule has 8 heteroatoms. The van der Waals surface area contributed by atoms with Crippen LogP contribution in [0.5, 0.6) is 0 Å². The van der Waals surface area contributed by atoms with Gasteiger partial charge < -0.3 is 19.5 Å². The van der Waals surface area contributed by atoms with E-state index in [2.05, 4.69) is 19.8 Å². The molecule has 152 valence electrons. The molecule has 0 radical (unpaired) electrons. The highest BCUT2D eigenvalue weighted by atomic mass is 16.5. The molecule has 1 saturated carbocycles. The highest BCUT2D eigenvalue weighted by Crippen LogP contribution is 2.45. The second-order valence-corrected chi connectivity index (χ2v) is 8.54. The predicted molar refractivity (Wildman–Crippen MR) is 101 cm³/mol. The number of carbonyl (C=O) groups excluding carboxylic acids is 2. The van der Waals surface area contributed by atoms with E-state index in [0.29, 0.717) is 38.8 Å². The van der Waals surface area contributed by atoms with Crippen LogP contribution in [0, 0.1) is 5.92 Å². The molecule has 0 unspecified atom stereocenters. The fraction of sp³-hybridized carbons (Fsp3) is 0.750. The molecule has 28 heavy (non-hydrogen) atoms. The van der Waals surface area contributed by atoms with E-state index in [1.165, 1.54) is 0 Å². The maximum atomic E-state index is 13.0. The number of nitrogens with zero attached hydrogens (tertiary/aromatic N) is 4. The number of aromatic amines is 1. The van der Waals surface area contributed by atoms with Crippen molar-refractivity contribution in [3.05, 3.63) is 17.7 Å². The van der Waals surface area contributed by atoms with Crippen molar-refractivity contribution >= 4 is 11.8 Å². The number of morpholine rings is 1. The van der Waals surface area contributed by atoms with Gasteiger partial charge in [0.25, 0.3) is 0 Å². The van der Waals surface area contributed by atoms with Gasteiger partial charge in [-0.25, -0.2) is 4.98 Å². The molecule has 1 spiro atoms. The molecular formula is C20H29N5O3. The van der Waals surface area contributed by atoms with Crippen molar-refractivity contribution in [3.63, 3.8) is 0 Å². The maximum Gasteiger partial charge on any atom is 0.236 e. The van der Waals surface area contributed by atoms with Crippen LogP contribution >= 0.6 is 0 Å². The molecule has 0 bridgehead atoms. The third kappa shape index (κ3) is 3.12. The van der Waals surface area contributed by atoms with Crippen molar-refractivity contribution in [2.75, 3.05) is 52.5 Å². The van der Waals surface area contributed by atoms with Crippen LogP contribution in [0.15, 0.2) is 6.33 Å². The third-order valence-electron chi connectivity index (χ3n) is 6.86. The summed E-state index contributed by atoms with van der Waals surface area (Å²) in [6, 6.07) is 0. The van der Waals surface area contributed by atoms with Gasteiger partial charge in [0.15, 0.2) is 0 Å². The lowest BCUT2D eigenvalue weighted by Crippen LogP contribution is -2.59. The largest absolute Gasteiger partial charge is 0.379 e. The molecule has 2 saturated heterocycles. The van der Waals surface area contributed by atoms with E-state index in [-0.39, 0.29) is 17.4 Å². The molecule has 2 amide bonds. The SMILES string of the molecule is O=C(CN1CCOCC1)N1CCC2(CC1)c1nc[nH]c1CCN2C(=O)C1CC1. The van der Waals surface area contributed by atoms with Crippen LogP contribution in [0.3, 0.4) is 0 Å². The quantitative estimate of drug-likeness (QED) is 0.810. The summed E-state index contributed by atoms with van der Waals surface area (Å²) in [5, 5.41) is 0. The average molecular weight is 387 g/mol. The number of fused-ring (bicyclic) bond motifs is 2. The number of hydrogen-bond acceptors (Lipinski definition) is 5. The van der Waals surface area contributed by atoms with Gasteiger partial charge in [-0.15, -0.1) is 0 Å². The number of hydrogen-bond donors (Lipinski definition) is 1. The van der Waals surface area contributed by atoms with Crippen molar-refractivity contribution in [2.24, 2.45) is 5.92 Å². The van der Waals surface area contributed by atoms with E-state index in [9.17, 15) is 9.59 Å². The molecule has 3 aliphatic heterocycles. The molecule has 0 atom stereocenters. The predicted octanol–water partition coefficient (Wildman–Crippen LogP) is 0.354. The zero-order valence-corrected chi connectivity index (χ0v) is 16.4. The number of piperidine rings is 1. The topological polar surface area (TPSA) is 81.8 Å². The van der Waals surface area contributed by atoms with E-state index < -0.39 is 0 Å². The molecule has 1 aromatic heterocycles. The normalized spacial score (nSPS) is 25.0. The second kappa shape index (κ2) is 7.15. The Morgan fingerprint density at radius 2 is 1.89 bits per heavy atom. The van der Waals surface area contributed by atoms with Crippen LogP contribution in [-0.2, 0) is 26.3 Å². The molecule has 8 nitrogen and oxygen atoms in total. The summed E-state index contributed by atoms with van der Waals surface area (Å²) in [5.41, 5.74) is 1.85. The first-order valence-electron chi connectivity index (χ1n) is 10.6. The number of likely N-dealkylation sites (tertiary alicyclic amines) is 1. The second-order valence-electron chi connectivity index (χ2n) is 8.54. The van der Waals surface area contributed by atoms with Gasteiger partial charge in [-0.3, -0.25) is 14.5 Å². The number of rotatable bonds is 3. The summed E-state index contributed by atoms with van der Waals surface area (Å²) in [6.07, 6.45) is 6.19. The van der Waals surface area contributed by atoms with Gasteiger partial charge in [0, 0.05) is 50.8 Å². The molecular weight excluding hydrogens is 358 g/mol. The lowest BCUT2D eigenvalue weighted by atomic mass is 9.78. The minimum Gasteiger partial charge on any atom is -0.379 e. The van der Waals surface area contributed by atoms with Gasteiger partial charge in [-0.1, -0.05) is 0 Å². The lowest BCUT2D eigenvalue weighted by molar-refractivity contribution is -0.146. The van der Waals surface area contributed by atoms with Crippen LogP contribution in [0.2, 0.25) is 0 Å². The van der Waals surface area contributed by atoms with Crippen molar-refractivity contribution < 1.29 is 14.3 Å². The minimum atomic E-state index is -0.344. The van der Waals surface area contributed by atoms with Gasteiger partial charge in [0.1, 0.15) is 0 Å². The Kier molecular flexibility index (Phi) is 4.63. The van der Waals surface area contributed by atoms with Crippen LogP contribution < -0.4 is 0 Å². The highest BCUT2D eigenvalue weighted by Gasteiger charge is 2.51. The van der Waals surface area contributed by atoms with E-state index in [1.807, 2.05) is 4.90 Å². The van der Waals surface area contributed by atoms with E-state index in [0.717, 1.165) is 63.1 Å².